The number of carboxylic acids is 1. The maximum Gasteiger partial charge on any atom is 0.328 e. The highest BCUT2D eigenvalue weighted by atomic mass is 127. The predicted molar refractivity (Wildman–Crippen MR) is 79.7 cm³/mol. The van der Waals surface area contributed by atoms with Crippen LogP contribution in [0.15, 0.2) is 18.2 Å². The van der Waals surface area contributed by atoms with Crippen molar-refractivity contribution in [3.63, 3.8) is 0 Å². The molecule has 0 atom stereocenters. The highest BCUT2D eigenvalue weighted by Gasteiger charge is 2.07. The maximum absolute atomic E-state index is 10.4. The number of halogens is 2. The van der Waals surface area contributed by atoms with Crippen molar-refractivity contribution in [2.24, 2.45) is 0 Å². The van der Waals surface area contributed by atoms with Crippen molar-refractivity contribution in [1.29, 1.82) is 0 Å². The molecule has 0 saturated heterocycles. The fourth-order valence-electron chi connectivity index (χ4n) is 1.13. The zero-order chi connectivity index (χ0) is 12.1. The highest BCUT2D eigenvalue weighted by molar-refractivity contribution is 14.1. The Balaban J connectivity index is 3.04. The number of ether oxygens (including phenoxy) is 1. The van der Waals surface area contributed by atoms with Crippen molar-refractivity contribution in [1.82, 2.24) is 0 Å². The van der Waals surface area contributed by atoms with Crippen LogP contribution in [-0.2, 0) is 4.79 Å². The summed E-state index contributed by atoms with van der Waals surface area (Å²) in [5.41, 5.74) is 0.861. The number of hydrogen-bond donors (Lipinski definition) is 1. The molecule has 0 bridgehead atoms. The standard InChI is InChI=1S/C11H10I2O3/c1-2-16-11-8(12)5-7(6-9(11)13)3-4-10(14)15/h3-6H,2H2,1H3,(H,14,15). The lowest BCUT2D eigenvalue weighted by molar-refractivity contribution is -0.131. The van der Waals surface area contributed by atoms with Gasteiger partial charge in [-0.1, -0.05) is 0 Å². The molecule has 0 aliphatic carbocycles. The monoisotopic (exact) mass is 444 g/mol. The zero-order valence-electron chi connectivity index (χ0n) is 8.54. The summed E-state index contributed by atoms with van der Waals surface area (Å²) < 4.78 is 7.46. The number of benzene rings is 1. The first-order valence-corrected chi connectivity index (χ1v) is 6.73. The molecule has 0 fully saturated rings. The van der Waals surface area contributed by atoms with Gasteiger partial charge in [0.15, 0.2) is 0 Å². The molecular formula is C11H10I2O3. The summed E-state index contributed by atoms with van der Waals surface area (Å²) in [6.45, 7) is 2.56. The molecule has 0 radical (unpaired) electrons. The molecule has 16 heavy (non-hydrogen) atoms. The Morgan fingerprint density at radius 2 is 2.00 bits per heavy atom. The molecule has 1 N–H and O–H groups in total. The first-order valence-electron chi connectivity index (χ1n) is 4.57. The minimum absolute atomic E-state index is 0.621. The average molecular weight is 444 g/mol. The van der Waals surface area contributed by atoms with Gasteiger partial charge in [0.2, 0.25) is 0 Å². The summed E-state index contributed by atoms with van der Waals surface area (Å²) in [5.74, 6) is -0.0879. The van der Waals surface area contributed by atoms with Crippen molar-refractivity contribution in [2.45, 2.75) is 6.92 Å². The number of carbonyl (C=O) groups is 1. The Labute approximate surface area is 121 Å². The van der Waals surface area contributed by atoms with E-state index in [-0.39, 0.29) is 0 Å². The molecule has 86 valence electrons. The molecule has 0 amide bonds. The van der Waals surface area contributed by atoms with Gasteiger partial charge in [-0.25, -0.2) is 4.79 Å². The van der Waals surface area contributed by atoms with Gasteiger partial charge in [-0.2, -0.15) is 0 Å². The van der Waals surface area contributed by atoms with Crippen molar-refractivity contribution >= 4 is 57.2 Å². The topological polar surface area (TPSA) is 46.5 Å². The van der Waals surface area contributed by atoms with Gasteiger partial charge < -0.3 is 9.84 Å². The third-order valence-corrected chi connectivity index (χ3v) is 3.33. The Morgan fingerprint density at radius 3 is 2.44 bits per heavy atom. The number of carboxylic acid groups (broad SMARTS) is 1. The second-order valence-corrected chi connectivity index (χ2v) is 5.24. The second kappa shape index (κ2) is 6.43. The van der Waals surface area contributed by atoms with Crippen LogP contribution in [0.4, 0.5) is 0 Å². The predicted octanol–water partition coefficient (Wildman–Crippen LogP) is 3.39. The van der Waals surface area contributed by atoms with E-state index in [0.29, 0.717) is 6.61 Å². The molecule has 5 heteroatoms. The minimum atomic E-state index is -0.945. The summed E-state index contributed by atoms with van der Waals surface area (Å²) in [7, 11) is 0. The van der Waals surface area contributed by atoms with Gasteiger partial charge >= 0.3 is 5.97 Å². The van der Waals surface area contributed by atoms with Gasteiger partial charge in [0, 0.05) is 6.08 Å². The molecule has 0 aliphatic heterocycles. The van der Waals surface area contributed by atoms with Gasteiger partial charge in [-0.15, -0.1) is 0 Å². The van der Waals surface area contributed by atoms with Crippen LogP contribution >= 0.6 is 45.2 Å². The van der Waals surface area contributed by atoms with Crippen LogP contribution in [0, 0.1) is 7.14 Å². The van der Waals surface area contributed by atoms with Gasteiger partial charge in [-0.05, 0) is 75.9 Å². The van der Waals surface area contributed by atoms with E-state index in [0.717, 1.165) is 24.5 Å². The van der Waals surface area contributed by atoms with E-state index < -0.39 is 5.97 Å². The summed E-state index contributed by atoms with van der Waals surface area (Å²) >= 11 is 4.36. The smallest absolute Gasteiger partial charge is 0.328 e. The molecule has 1 rings (SSSR count). The highest BCUT2D eigenvalue weighted by Crippen LogP contribution is 2.29. The molecule has 0 saturated carbocycles. The minimum Gasteiger partial charge on any atom is -0.492 e. The summed E-state index contributed by atoms with van der Waals surface area (Å²) in [4.78, 5) is 10.4. The molecule has 1 aromatic carbocycles. The SMILES string of the molecule is CCOc1c(I)cc(C=CC(=O)O)cc1I. The van der Waals surface area contributed by atoms with Crippen LogP contribution in [0.1, 0.15) is 12.5 Å². The lowest BCUT2D eigenvalue weighted by Gasteiger charge is -2.09. The van der Waals surface area contributed by atoms with Crippen molar-refractivity contribution in [3.05, 3.63) is 30.9 Å². The largest absolute Gasteiger partial charge is 0.492 e. The molecule has 0 aromatic heterocycles. The van der Waals surface area contributed by atoms with Crippen LogP contribution in [0.3, 0.4) is 0 Å². The molecule has 0 spiro atoms. The first-order chi connectivity index (χ1) is 7.54. The lowest BCUT2D eigenvalue weighted by atomic mass is 10.2. The summed E-state index contributed by atoms with van der Waals surface area (Å²) in [6, 6.07) is 3.79. The van der Waals surface area contributed by atoms with Crippen LogP contribution in [-0.4, -0.2) is 17.7 Å². The molecule has 0 aliphatic rings. The van der Waals surface area contributed by atoms with E-state index in [4.69, 9.17) is 9.84 Å². The number of rotatable bonds is 4. The van der Waals surface area contributed by atoms with Gasteiger partial charge in [0.1, 0.15) is 5.75 Å². The van der Waals surface area contributed by atoms with Crippen LogP contribution < -0.4 is 4.74 Å². The van der Waals surface area contributed by atoms with Crippen LogP contribution in [0.5, 0.6) is 5.75 Å². The normalized spacial score (nSPS) is 10.7. The Bertz CT molecular complexity index is 404. The Kier molecular flexibility index (Phi) is 5.53. The van der Waals surface area contributed by atoms with E-state index in [1.807, 2.05) is 19.1 Å². The third-order valence-electron chi connectivity index (χ3n) is 1.73. The van der Waals surface area contributed by atoms with Crippen molar-refractivity contribution in [3.8, 4) is 5.75 Å². The fraction of sp³-hybridized carbons (Fsp3) is 0.182. The summed E-state index contributed by atoms with van der Waals surface area (Å²) in [6.07, 6.45) is 2.70. The molecular weight excluding hydrogens is 434 g/mol. The fourth-order valence-corrected chi connectivity index (χ4v) is 3.25. The van der Waals surface area contributed by atoms with E-state index in [1.165, 1.54) is 0 Å². The molecule has 0 heterocycles. The van der Waals surface area contributed by atoms with Crippen LogP contribution in [0.2, 0.25) is 0 Å². The van der Waals surface area contributed by atoms with Gasteiger partial charge in [0.25, 0.3) is 0 Å². The maximum atomic E-state index is 10.4. The Morgan fingerprint density at radius 1 is 1.44 bits per heavy atom. The lowest BCUT2D eigenvalue weighted by Crippen LogP contribution is -1.97. The van der Waals surface area contributed by atoms with E-state index >= 15 is 0 Å². The first kappa shape index (κ1) is 13.8. The van der Waals surface area contributed by atoms with Crippen molar-refractivity contribution in [2.75, 3.05) is 6.61 Å². The zero-order valence-corrected chi connectivity index (χ0v) is 12.9. The second-order valence-electron chi connectivity index (χ2n) is 2.92. The van der Waals surface area contributed by atoms with Crippen molar-refractivity contribution < 1.29 is 14.6 Å². The van der Waals surface area contributed by atoms with Crippen LogP contribution in [0.25, 0.3) is 6.08 Å². The molecule has 3 nitrogen and oxygen atoms in total. The number of aliphatic carboxylic acids is 1. The van der Waals surface area contributed by atoms with E-state index in [1.54, 1.807) is 6.08 Å². The summed E-state index contributed by atoms with van der Waals surface area (Å²) in [5, 5.41) is 8.54. The van der Waals surface area contributed by atoms with Gasteiger partial charge in [0.05, 0.1) is 13.7 Å². The number of hydrogen-bond acceptors (Lipinski definition) is 2. The van der Waals surface area contributed by atoms with Gasteiger partial charge in [-0.3, -0.25) is 0 Å². The molecule has 1 aromatic rings. The van der Waals surface area contributed by atoms with E-state index in [9.17, 15) is 4.79 Å². The Hall–Kier alpha value is -0.310. The quantitative estimate of drug-likeness (QED) is 0.573. The average Bonchev–Trinajstić information content (AvgIpc) is 2.20. The third kappa shape index (κ3) is 3.93. The molecule has 0 unspecified atom stereocenters. The van der Waals surface area contributed by atoms with E-state index in [2.05, 4.69) is 45.2 Å².